The maximum Gasteiger partial charge on any atom is 0.271 e. The van der Waals surface area contributed by atoms with E-state index in [0.717, 1.165) is 16.8 Å². The number of hydrogen-bond donors (Lipinski definition) is 1. The molecule has 0 saturated carbocycles. The number of amides is 2. The number of nitrogens with zero attached hydrogens (tertiary/aromatic N) is 3. The maximum absolute atomic E-state index is 13.1. The normalized spacial score (nSPS) is 16.8. The Morgan fingerprint density at radius 2 is 1.97 bits per heavy atom. The van der Waals surface area contributed by atoms with Crippen molar-refractivity contribution in [1.82, 2.24) is 4.90 Å². The van der Waals surface area contributed by atoms with Gasteiger partial charge in [0.05, 0.1) is 10.6 Å². The van der Waals surface area contributed by atoms with Crippen molar-refractivity contribution >= 4 is 45.8 Å². The first-order chi connectivity index (χ1) is 16.3. The minimum absolute atomic E-state index is 0.0694. The molecule has 0 aromatic heterocycles. The number of carbonyl (C=O) groups is 2. The highest BCUT2D eigenvalue weighted by molar-refractivity contribution is 8.15. The van der Waals surface area contributed by atoms with Crippen LogP contribution in [0.5, 0.6) is 0 Å². The molecule has 1 N–H and O–H groups in total. The van der Waals surface area contributed by atoms with Gasteiger partial charge in [-0.1, -0.05) is 23.9 Å². The summed E-state index contributed by atoms with van der Waals surface area (Å²) >= 11 is 1.26. The fourth-order valence-corrected chi connectivity index (χ4v) is 4.79. The van der Waals surface area contributed by atoms with Gasteiger partial charge < -0.3 is 10.1 Å². The van der Waals surface area contributed by atoms with Crippen LogP contribution in [-0.2, 0) is 14.3 Å². The summed E-state index contributed by atoms with van der Waals surface area (Å²) in [5, 5.41) is 13.5. The van der Waals surface area contributed by atoms with E-state index < -0.39 is 16.1 Å². The summed E-state index contributed by atoms with van der Waals surface area (Å²) in [6, 6.07) is 11.7. The van der Waals surface area contributed by atoms with E-state index in [2.05, 4.69) is 11.4 Å². The van der Waals surface area contributed by atoms with E-state index in [1.54, 1.807) is 11.0 Å². The lowest BCUT2D eigenvalue weighted by atomic mass is 10.1. The molecule has 0 aliphatic carbocycles. The van der Waals surface area contributed by atoms with Crippen LogP contribution in [0.25, 0.3) is 0 Å². The molecule has 0 radical (unpaired) electrons. The third kappa shape index (κ3) is 6.88. The van der Waals surface area contributed by atoms with Gasteiger partial charge in [0.1, 0.15) is 5.25 Å². The Morgan fingerprint density at radius 1 is 1.24 bits per heavy atom. The third-order valence-electron chi connectivity index (χ3n) is 5.04. The molecule has 1 unspecified atom stereocenters. The number of carbonyl (C=O) groups excluding carboxylic acids is 2. The first-order valence-electron chi connectivity index (χ1n) is 11.0. The average molecular weight is 485 g/mol. The average Bonchev–Trinajstić information content (AvgIpc) is 3.04. The number of nitrogens with one attached hydrogen (secondary N) is 1. The molecule has 1 saturated heterocycles. The van der Waals surface area contributed by atoms with Gasteiger partial charge in [0.15, 0.2) is 5.17 Å². The SMILES string of the molecule is CCOCCCN1C(=O)C(CC(=O)Nc2cccc([N+](=O)[O-])c2)SC1=Nc1cc(C)cc(C)c1. The van der Waals surface area contributed by atoms with Gasteiger partial charge in [-0.2, -0.15) is 0 Å². The predicted octanol–water partition coefficient (Wildman–Crippen LogP) is 4.60. The number of nitro groups is 1. The second-order valence-corrected chi connectivity index (χ2v) is 9.12. The lowest BCUT2D eigenvalue weighted by Gasteiger charge is -2.16. The van der Waals surface area contributed by atoms with Crippen LogP contribution in [0.4, 0.5) is 17.1 Å². The summed E-state index contributed by atoms with van der Waals surface area (Å²) < 4.78 is 5.40. The molecular weight excluding hydrogens is 456 g/mol. The summed E-state index contributed by atoms with van der Waals surface area (Å²) in [7, 11) is 0. The number of thioether (sulfide) groups is 1. The molecule has 2 amide bonds. The summed E-state index contributed by atoms with van der Waals surface area (Å²) in [4.78, 5) is 42.6. The van der Waals surface area contributed by atoms with Crippen LogP contribution in [-0.4, -0.2) is 51.8 Å². The van der Waals surface area contributed by atoms with Crippen LogP contribution in [0, 0.1) is 24.0 Å². The number of non-ortho nitro benzene ring substituents is 1. The number of amidine groups is 1. The van der Waals surface area contributed by atoms with Gasteiger partial charge in [-0.05, 0) is 56.5 Å². The number of rotatable bonds is 10. The highest BCUT2D eigenvalue weighted by Gasteiger charge is 2.39. The van der Waals surface area contributed by atoms with Gasteiger partial charge in [-0.15, -0.1) is 0 Å². The first-order valence-corrected chi connectivity index (χ1v) is 11.9. The Kier molecular flexibility index (Phi) is 8.78. The molecule has 0 spiro atoms. The summed E-state index contributed by atoms with van der Waals surface area (Å²) in [6.45, 7) is 7.47. The van der Waals surface area contributed by atoms with Crippen molar-refractivity contribution in [1.29, 1.82) is 0 Å². The minimum Gasteiger partial charge on any atom is -0.382 e. The fraction of sp³-hybridized carbons (Fsp3) is 0.375. The molecule has 9 nitrogen and oxygen atoms in total. The van der Waals surface area contributed by atoms with Gasteiger partial charge in [-0.25, -0.2) is 4.99 Å². The maximum atomic E-state index is 13.1. The number of aliphatic imine (C=N–C) groups is 1. The second-order valence-electron chi connectivity index (χ2n) is 7.95. The lowest BCUT2D eigenvalue weighted by Crippen LogP contribution is -2.34. The quantitative estimate of drug-likeness (QED) is 0.299. The van der Waals surface area contributed by atoms with Gasteiger partial charge in [-0.3, -0.25) is 24.6 Å². The summed E-state index contributed by atoms with van der Waals surface area (Å²) in [5.74, 6) is -0.577. The van der Waals surface area contributed by atoms with E-state index in [0.29, 0.717) is 37.0 Å². The molecule has 2 aromatic carbocycles. The van der Waals surface area contributed by atoms with Crippen molar-refractivity contribution in [3.63, 3.8) is 0 Å². The van der Waals surface area contributed by atoms with E-state index in [-0.39, 0.29) is 18.0 Å². The first kappa shape index (κ1) is 25.4. The number of anilines is 1. The van der Waals surface area contributed by atoms with Gasteiger partial charge >= 0.3 is 0 Å². The van der Waals surface area contributed by atoms with Gasteiger partial charge in [0.2, 0.25) is 11.8 Å². The Labute approximate surface area is 202 Å². The Morgan fingerprint density at radius 3 is 2.65 bits per heavy atom. The van der Waals surface area contributed by atoms with Crippen LogP contribution >= 0.6 is 11.8 Å². The van der Waals surface area contributed by atoms with Crippen LogP contribution in [0.3, 0.4) is 0 Å². The molecule has 1 heterocycles. The molecule has 0 bridgehead atoms. The molecule has 180 valence electrons. The molecule has 1 fully saturated rings. The van der Waals surface area contributed by atoms with Gasteiger partial charge in [0.25, 0.3) is 5.69 Å². The zero-order chi connectivity index (χ0) is 24.7. The Bertz CT molecular complexity index is 1080. The largest absolute Gasteiger partial charge is 0.382 e. The predicted molar refractivity (Wildman–Crippen MR) is 134 cm³/mol. The van der Waals surface area contributed by atoms with Crippen molar-refractivity contribution in [3.05, 3.63) is 63.7 Å². The van der Waals surface area contributed by atoms with E-state index in [9.17, 15) is 19.7 Å². The molecule has 1 atom stereocenters. The highest BCUT2D eigenvalue weighted by Crippen LogP contribution is 2.32. The number of aryl methyl sites for hydroxylation is 2. The van der Waals surface area contributed by atoms with Crippen LogP contribution in [0.15, 0.2) is 47.5 Å². The molecule has 3 rings (SSSR count). The summed E-state index contributed by atoms with van der Waals surface area (Å²) in [6.07, 6.45) is 0.582. The van der Waals surface area contributed by atoms with Crippen molar-refractivity contribution in [3.8, 4) is 0 Å². The number of benzene rings is 2. The topological polar surface area (TPSA) is 114 Å². The highest BCUT2D eigenvalue weighted by atomic mass is 32.2. The minimum atomic E-state index is -0.629. The molecular formula is C24H28N4O5S. The molecule has 1 aliphatic rings. The monoisotopic (exact) mass is 484 g/mol. The van der Waals surface area contributed by atoms with E-state index in [1.807, 2.05) is 32.9 Å². The van der Waals surface area contributed by atoms with Crippen molar-refractivity contribution in [2.75, 3.05) is 25.1 Å². The Hall–Kier alpha value is -3.24. The van der Waals surface area contributed by atoms with E-state index in [1.165, 1.54) is 30.0 Å². The van der Waals surface area contributed by atoms with Crippen molar-refractivity contribution < 1.29 is 19.2 Å². The zero-order valence-corrected chi connectivity index (χ0v) is 20.3. The Balaban J connectivity index is 1.75. The number of nitro benzene ring substituents is 1. The fourth-order valence-electron chi connectivity index (χ4n) is 3.60. The van der Waals surface area contributed by atoms with Crippen molar-refractivity contribution in [2.24, 2.45) is 4.99 Å². The molecule has 34 heavy (non-hydrogen) atoms. The second kappa shape index (κ2) is 11.8. The molecule has 1 aliphatic heterocycles. The van der Waals surface area contributed by atoms with Crippen LogP contribution in [0.1, 0.15) is 30.9 Å². The smallest absolute Gasteiger partial charge is 0.271 e. The van der Waals surface area contributed by atoms with Crippen LogP contribution in [0.2, 0.25) is 0 Å². The third-order valence-corrected chi connectivity index (χ3v) is 6.21. The molecule has 10 heteroatoms. The van der Waals surface area contributed by atoms with Gasteiger partial charge in [0, 0.05) is 44.0 Å². The van der Waals surface area contributed by atoms with Crippen LogP contribution < -0.4 is 5.32 Å². The number of ether oxygens (including phenoxy) is 1. The standard InChI is InChI=1S/C24H28N4O5S/c1-4-33-10-6-9-27-23(30)21(34-24(27)26-19-12-16(2)11-17(3)13-19)15-22(29)25-18-7-5-8-20(14-18)28(31)32/h5,7-8,11-14,21H,4,6,9-10,15H2,1-3H3,(H,25,29). The lowest BCUT2D eigenvalue weighted by molar-refractivity contribution is -0.384. The zero-order valence-electron chi connectivity index (χ0n) is 19.4. The number of hydrogen-bond acceptors (Lipinski definition) is 7. The van der Waals surface area contributed by atoms with E-state index >= 15 is 0 Å². The molecule has 2 aromatic rings. The van der Waals surface area contributed by atoms with Crippen molar-refractivity contribution in [2.45, 2.75) is 38.9 Å². The summed E-state index contributed by atoms with van der Waals surface area (Å²) in [5.41, 5.74) is 3.10. The van der Waals surface area contributed by atoms with E-state index in [4.69, 9.17) is 9.73 Å².